The molecule has 0 radical (unpaired) electrons. The van der Waals surface area contributed by atoms with E-state index in [1.54, 1.807) is 19.1 Å². The van der Waals surface area contributed by atoms with Crippen LogP contribution in [0.3, 0.4) is 0 Å². The Labute approximate surface area is 211 Å². The summed E-state index contributed by atoms with van der Waals surface area (Å²) in [5, 5.41) is 2.82. The average molecular weight is 553 g/mol. The van der Waals surface area contributed by atoms with Gasteiger partial charge in [-0.1, -0.05) is 61.0 Å². The molecular weight excluding hydrogens is 518 g/mol. The van der Waals surface area contributed by atoms with Crippen LogP contribution in [0, 0.1) is 0 Å². The quantitative estimate of drug-likeness (QED) is 0.451. The first-order valence-corrected chi connectivity index (χ1v) is 14.0. The van der Waals surface area contributed by atoms with E-state index < -0.39 is 28.5 Å². The number of nitrogens with one attached hydrogen (secondary N) is 1. The molecular formula is C25H34BrN3O4S. The lowest BCUT2D eigenvalue weighted by Gasteiger charge is -2.31. The molecule has 2 amide bonds. The number of amides is 2. The monoisotopic (exact) mass is 551 g/mol. The molecule has 0 aliphatic carbocycles. The van der Waals surface area contributed by atoms with E-state index in [9.17, 15) is 18.0 Å². The lowest BCUT2D eigenvalue weighted by atomic mass is 10.0. The molecule has 0 aliphatic heterocycles. The molecule has 0 fully saturated rings. The highest BCUT2D eigenvalue weighted by atomic mass is 79.9. The molecule has 0 heterocycles. The van der Waals surface area contributed by atoms with E-state index in [1.165, 1.54) is 4.90 Å². The Morgan fingerprint density at radius 3 is 2.09 bits per heavy atom. The number of benzene rings is 2. The van der Waals surface area contributed by atoms with Crippen LogP contribution in [-0.4, -0.2) is 50.5 Å². The van der Waals surface area contributed by atoms with E-state index in [-0.39, 0.29) is 12.5 Å². The minimum absolute atomic E-state index is 0.177. The number of sulfonamides is 1. The Morgan fingerprint density at radius 2 is 1.59 bits per heavy atom. The summed E-state index contributed by atoms with van der Waals surface area (Å²) in [6, 6.07) is 13.8. The smallest absolute Gasteiger partial charge is 0.244 e. The predicted molar refractivity (Wildman–Crippen MR) is 140 cm³/mol. The van der Waals surface area contributed by atoms with Gasteiger partial charge in [0.1, 0.15) is 12.6 Å². The molecule has 0 bridgehead atoms. The molecule has 0 saturated carbocycles. The van der Waals surface area contributed by atoms with Gasteiger partial charge in [-0.15, -0.1) is 0 Å². The molecule has 9 heteroatoms. The number of rotatable bonds is 11. The van der Waals surface area contributed by atoms with Crippen LogP contribution >= 0.6 is 15.9 Å². The summed E-state index contributed by atoms with van der Waals surface area (Å²) in [5.41, 5.74) is 2.31. The van der Waals surface area contributed by atoms with Crippen LogP contribution in [0.25, 0.3) is 0 Å². The summed E-state index contributed by atoms with van der Waals surface area (Å²) < 4.78 is 27.2. The number of carbonyl (C=O) groups is 2. The second kappa shape index (κ2) is 12.4. The standard InChI is InChI=1S/C25H34BrN3O4S/c1-6-15-27-25(31)19(4)28(16-20-7-11-22(26)12-8-20)24(30)17-29(34(5,32)33)23-13-9-21(10-14-23)18(2)3/h7-14,18-19H,6,15-17H2,1-5H3,(H,27,31). The molecule has 34 heavy (non-hydrogen) atoms. The lowest BCUT2D eigenvalue weighted by Crippen LogP contribution is -2.51. The van der Waals surface area contributed by atoms with Crippen LogP contribution in [0.1, 0.15) is 51.2 Å². The van der Waals surface area contributed by atoms with E-state index in [1.807, 2.05) is 43.3 Å². The molecule has 2 rings (SSSR count). The van der Waals surface area contributed by atoms with Crippen LogP contribution in [-0.2, 0) is 26.2 Å². The fraction of sp³-hybridized carbons (Fsp3) is 0.440. The number of anilines is 1. The molecule has 2 aromatic carbocycles. The Balaban J connectivity index is 2.35. The molecule has 1 atom stereocenters. The van der Waals surface area contributed by atoms with Gasteiger partial charge in [0.2, 0.25) is 21.8 Å². The fourth-order valence-electron chi connectivity index (χ4n) is 3.40. The zero-order valence-corrected chi connectivity index (χ0v) is 22.8. The second-order valence-electron chi connectivity index (χ2n) is 8.63. The first kappa shape index (κ1) is 27.9. The molecule has 7 nitrogen and oxygen atoms in total. The van der Waals surface area contributed by atoms with Gasteiger partial charge in [-0.2, -0.15) is 0 Å². The van der Waals surface area contributed by atoms with Crippen molar-refractivity contribution < 1.29 is 18.0 Å². The molecule has 0 saturated heterocycles. The van der Waals surface area contributed by atoms with Crippen molar-refractivity contribution in [2.75, 3.05) is 23.7 Å². The summed E-state index contributed by atoms with van der Waals surface area (Å²) in [7, 11) is -3.74. The zero-order chi connectivity index (χ0) is 25.5. The maximum Gasteiger partial charge on any atom is 0.244 e. The van der Waals surface area contributed by atoms with E-state index in [2.05, 4.69) is 35.1 Å². The number of hydrogen-bond donors (Lipinski definition) is 1. The van der Waals surface area contributed by atoms with E-state index in [0.29, 0.717) is 18.2 Å². The topological polar surface area (TPSA) is 86.8 Å². The molecule has 0 aliphatic rings. The maximum absolute atomic E-state index is 13.5. The van der Waals surface area contributed by atoms with Gasteiger partial charge in [0, 0.05) is 17.6 Å². The maximum atomic E-state index is 13.5. The first-order chi connectivity index (χ1) is 15.9. The summed E-state index contributed by atoms with van der Waals surface area (Å²) in [6.45, 7) is 7.99. The Kier molecular flexibility index (Phi) is 10.1. The highest BCUT2D eigenvalue weighted by molar-refractivity contribution is 9.10. The second-order valence-corrected chi connectivity index (χ2v) is 11.5. The molecule has 1 unspecified atom stereocenters. The third kappa shape index (κ3) is 7.84. The lowest BCUT2D eigenvalue weighted by molar-refractivity contribution is -0.139. The Hall–Kier alpha value is -2.39. The average Bonchev–Trinajstić information content (AvgIpc) is 2.79. The van der Waals surface area contributed by atoms with Crippen LogP contribution < -0.4 is 9.62 Å². The molecule has 0 spiro atoms. The van der Waals surface area contributed by atoms with Gasteiger partial charge >= 0.3 is 0 Å². The summed E-state index contributed by atoms with van der Waals surface area (Å²) >= 11 is 3.40. The number of halogens is 1. The van der Waals surface area contributed by atoms with Crippen molar-refractivity contribution in [1.82, 2.24) is 10.2 Å². The van der Waals surface area contributed by atoms with Crippen molar-refractivity contribution in [3.8, 4) is 0 Å². The highest BCUT2D eigenvalue weighted by Gasteiger charge is 2.30. The van der Waals surface area contributed by atoms with Crippen molar-refractivity contribution >= 4 is 43.5 Å². The summed E-state index contributed by atoms with van der Waals surface area (Å²) in [5.74, 6) is -0.439. The Bertz CT molecular complexity index is 1070. The fourth-order valence-corrected chi connectivity index (χ4v) is 4.52. The van der Waals surface area contributed by atoms with Crippen LogP contribution in [0.5, 0.6) is 0 Å². The van der Waals surface area contributed by atoms with Gasteiger partial charge < -0.3 is 10.2 Å². The minimum atomic E-state index is -3.74. The van der Waals surface area contributed by atoms with E-state index in [0.717, 1.165) is 32.6 Å². The van der Waals surface area contributed by atoms with Gasteiger partial charge in [-0.25, -0.2) is 8.42 Å². The van der Waals surface area contributed by atoms with E-state index in [4.69, 9.17) is 0 Å². The SMILES string of the molecule is CCCNC(=O)C(C)N(Cc1ccc(Br)cc1)C(=O)CN(c1ccc(C(C)C)cc1)S(C)(=O)=O. The van der Waals surface area contributed by atoms with Crippen molar-refractivity contribution in [2.45, 2.75) is 52.6 Å². The third-order valence-corrected chi connectivity index (χ3v) is 7.18. The summed E-state index contributed by atoms with van der Waals surface area (Å²) in [4.78, 5) is 27.6. The first-order valence-electron chi connectivity index (χ1n) is 11.3. The molecule has 0 aromatic heterocycles. The Morgan fingerprint density at radius 1 is 1.00 bits per heavy atom. The number of nitrogens with zero attached hydrogens (tertiary/aromatic N) is 2. The van der Waals surface area contributed by atoms with Gasteiger partial charge in [0.05, 0.1) is 11.9 Å². The normalized spacial score (nSPS) is 12.3. The number of carbonyl (C=O) groups excluding carboxylic acids is 2. The minimum Gasteiger partial charge on any atom is -0.354 e. The number of hydrogen-bond acceptors (Lipinski definition) is 4. The van der Waals surface area contributed by atoms with Crippen LogP contribution in [0.2, 0.25) is 0 Å². The largest absolute Gasteiger partial charge is 0.354 e. The van der Waals surface area contributed by atoms with E-state index >= 15 is 0 Å². The molecule has 186 valence electrons. The van der Waals surface area contributed by atoms with Gasteiger partial charge in [-0.3, -0.25) is 13.9 Å². The van der Waals surface area contributed by atoms with Gasteiger partial charge in [-0.05, 0) is 54.7 Å². The van der Waals surface area contributed by atoms with Crippen LogP contribution in [0.15, 0.2) is 53.0 Å². The zero-order valence-electron chi connectivity index (χ0n) is 20.4. The van der Waals surface area contributed by atoms with Gasteiger partial charge in [0.15, 0.2) is 0 Å². The van der Waals surface area contributed by atoms with Gasteiger partial charge in [0.25, 0.3) is 0 Å². The molecule has 1 N–H and O–H groups in total. The summed E-state index contributed by atoms with van der Waals surface area (Å²) in [6.07, 6.45) is 1.85. The highest BCUT2D eigenvalue weighted by Crippen LogP contribution is 2.23. The van der Waals surface area contributed by atoms with Crippen molar-refractivity contribution in [3.05, 3.63) is 64.1 Å². The van der Waals surface area contributed by atoms with Crippen molar-refractivity contribution in [1.29, 1.82) is 0 Å². The van der Waals surface area contributed by atoms with Crippen molar-refractivity contribution in [2.24, 2.45) is 0 Å². The van der Waals surface area contributed by atoms with Crippen molar-refractivity contribution in [3.63, 3.8) is 0 Å². The predicted octanol–water partition coefficient (Wildman–Crippen LogP) is 4.28. The third-order valence-electron chi connectivity index (χ3n) is 5.51. The molecule has 2 aromatic rings. The van der Waals surface area contributed by atoms with Crippen LogP contribution in [0.4, 0.5) is 5.69 Å².